The van der Waals surface area contributed by atoms with Crippen LogP contribution in [0.3, 0.4) is 0 Å². The minimum atomic E-state index is -0.543. The number of halogens is 1. The molecule has 146 valence electrons. The van der Waals surface area contributed by atoms with Crippen molar-refractivity contribution in [2.24, 2.45) is 0 Å². The number of nitro benzene ring substituents is 1. The SMILES string of the molecule is CCn1c(SC(C)C(=O)Nc2ccc([N+](=O)[O-])cc2Cl)nnc1-c1cccs1. The number of nitro groups is 1. The van der Waals surface area contributed by atoms with Crippen molar-refractivity contribution in [1.29, 1.82) is 0 Å². The van der Waals surface area contributed by atoms with Crippen LogP contribution < -0.4 is 5.32 Å². The minimum absolute atomic E-state index is 0.108. The molecule has 0 aliphatic rings. The van der Waals surface area contributed by atoms with Crippen molar-refractivity contribution in [1.82, 2.24) is 14.8 Å². The van der Waals surface area contributed by atoms with Crippen molar-refractivity contribution in [3.8, 4) is 10.7 Å². The highest BCUT2D eigenvalue weighted by atomic mass is 35.5. The number of thioether (sulfide) groups is 1. The van der Waals surface area contributed by atoms with Crippen molar-refractivity contribution in [2.75, 3.05) is 5.32 Å². The molecule has 1 N–H and O–H groups in total. The van der Waals surface area contributed by atoms with E-state index in [0.29, 0.717) is 17.4 Å². The molecule has 0 saturated heterocycles. The van der Waals surface area contributed by atoms with E-state index >= 15 is 0 Å². The molecule has 0 saturated carbocycles. The van der Waals surface area contributed by atoms with Crippen LogP contribution in [0.15, 0.2) is 40.9 Å². The third-order valence-electron chi connectivity index (χ3n) is 3.85. The van der Waals surface area contributed by atoms with E-state index in [2.05, 4.69) is 15.5 Å². The normalized spacial score (nSPS) is 12.0. The van der Waals surface area contributed by atoms with E-state index in [1.165, 1.54) is 30.0 Å². The molecule has 2 heterocycles. The number of hydrogen-bond donors (Lipinski definition) is 1. The van der Waals surface area contributed by atoms with Crippen LogP contribution in [0.25, 0.3) is 10.7 Å². The Hall–Kier alpha value is -2.43. The molecule has 0 bridgehead atoms. The molecule has 1 aromatic carbocycles. The number of thiophene rings is 1. The van der Waals surface area contributed by atoms with Gasteiger partial charge in [-0.15, -0.1) is 21.5 Å². The summed E-state index contributed by atoms with van der Waals surface area (Å²) in [6.07, 6.45) is 0. The molecule has 0 radical (unpaired) electrons. The van der Waals surface area contributed by atoms with Gasteiger partial charge in [-0.2, -0.15) is 0 Å². The number of rotatable bonds is 7. The minimum Gasteiger partial charge on any atom is -0.324 e. The Morgan fingerprint density at radius 1 is 1.43 bits per heavy atom. The summed E-state index contributed by atoms with van der Waals surface area (Å²) in [6, 6.07) is 7.84. The van der Waals surface area contributed by atoms with Crippen molar-refractivity contribution in [3.63, 3.8) is 0 Å². The van der Waals surface area contributed by atoms with Gasteiger partial charge in [0, 0.05) is 18.7 Å². The van der Waals surface area contributed by atoms with E-state index in [4.69, 9.17) is 11.6 Å². The summed E-state index contributed by atoms with van der Waals surface area (Å²) in [5, 5.41) is 24.2. The fourth-order valence-corrected chi connectivity index (χ4v) is 4.27. The first-order chi connectivity index (χ1) is 13.4. The maximum atomic E-state index is 12.5. The summed E-state index contributed by atoms with van der Waals surface area (Å²) in [5.41, 5.74) is 0.184. The van der Waals surface area contributed by atoms with E-state index in [1.807, 2.05) is 29.0 Å². The van der Waals surface area contributed by atoms with Gasteiger partial charge in [-0.05, 0) is 31.4 Å². The molecule has 0 aliphatic heterocycles. The van der Waals surface area contributed by atoms with Crippen LogP contribution in [-0.2, 0) is 11.3 Å². The molecule has 2 aromatic heterocycles. The van der Waals surface area contributed by atoms with Crippen molar-refractivity contribution in [2.45, 2.75) is 30.8 Å². The first-order valence-corrected chi connectivity index (χ1v) is 10.4. The Morgan fingerprint density at radius 2 is 2.21 bits per heavy atom. The summed E-state index contributed by atoms with van der Waals surface area (Å²) in [6.45, 7) is 4.41. The second-order valence-electron chi connectivity index (χ2n) is 5.70. The summed E-state index contributed by atoms with van der Waals surface area (Å²) in [4.78, 5) is 23.8. The third-order valence-corrected chi connectivity index (χ3v) is 6.11. The number of aromatic nitrogens is 3. The van der Waals surface area contributed by atoms with Gasteiger partial charge in [-0.25, -0.2) is 0 Å². The van der Waals surface area contributed by atoms with Gasteiger partial charge < -0.3 is 9.88 Å². The number of non-ortho nitro benzene ring substituents is 1. The van der Waals surface area contributed by atoms with Crippen molar-refractivity contribution < 1.29 is 9.72 Å². The van der Waals surface area contributed by atoms with Crippen LogP contribution in [0.1, 0.15) is 13.8 Å². The largest absolute Gasteiger partial charge is 0.324 e. The number of hydrogen-bond acceptors (Lipinski definition) is 7. The molecule has 1 atom stereocenters. The summed E-state index contributed by atoms with van der Waals surface area (Å²) in [7, 11) is 0. The molecule has 0 fully saturated rings. The van der Waals surface area contributed by atoms with Gasteiger partial charge in [0.05, 0.1) is 25.8 Å². The van der Waals surface area contributed by atoms with E-state index in [1.54, 1.807) is 18.3 Å². The monoisotopic (exact) mass is 437 g/mol. The average Bonchev–Trinajstić information content (AvgIpc) is 3.32. The molecular formula is C17H16ClN5O3S2. The van der Waals surface area contributed by atoms with Crippen molar-refractivity contribution >= 4 is 52.0 Å². The maximum absolute atomic E-state index is 12.5. The van der Waals surface area contributed by atoms with Crippen LogP contribution in [0.4, 0.5) is 11.4 Å². The first-order valence-electron chi connectivity index (χ1n) is 8.29. The lowest BCUT2D eigenvalue weighted by atomic mass is 10.2. The second kappa shape index (κ2) is 8.72. The fourth-order valence-electron chi connectivity index (χ4n) is 2.41. The highest BCUT2D eigenvalue weighted by Gasteiger charge is 2.21. The standard InChI is InChI=1S/C17H16ClN5O3S2/c1-3-22-15(14-5-4-8-27-14)20-21-17(22)28-10(2)16(24)19-13-7-6-11(23(25)26)9-12(13)18/h4-10H,3H2,1-2H3,(H,19,24). The fraction of sp³-hybridized carbons (Fsp3) is 0.235. The summed E-state index contributed by atoms with van der Waals surface area (Å²) in [5.74, 6) is 0.482. The molecule has 1 unspecified atom stereocenters. The predicted octanol–water partition coefficient (Wildman–Crippen LogP) is 4.71. The summed E-state index contributed by atoms with van der Waals surface area (Å²) >= 11 is 8.90. The van der Waals surface area contributed by atoms with Crippen molar-refractivity contribution in [3.05, 3.63) is 50.8 Å². The van der Waals surface area contributed by atoms with Crippen LogP contribution in [0, 0.1) is 10.1 Å². The lowest BCUT2D eigenvalue weighted by Gasteiger charge is -2.13. The molecule has 0 aliphatic carbocycles. The Labute approximate surface area is 174 Å². The molecule has 0 spiro atoms. The molecule has 11 heteroatoms. The number of anilines is 1. The van der Waals surface area contributed by atoms with Gasteiger partial charge in [-0.1, -0.05) is 29.4 Å². The molecule has 1 amide bonds. The molecule has 3 rings (SSSR count). The van der Waals surface area contributed by atoms with Gasteiger partial charge in [0.2, 0.25) is 5.91 Å². The van der Waals surface area contributed by atoms with E-state index < -0.39 is 10.2 Å². The number of carbonyl (C=O) groups excluding carboxylic acids is 1. The van der Waals surface area contributed by atoms with Crippen LogP contribution in [0.2, 0.25) is 5.02 Å². The number of nitrogens with one attached hydrogen (secondary N) is 1. The zero-order valence-electron chi connectivity index (χ0n) is 15.0. The van der Waals surface area contributed by atoms with Gasteiger partial charge >= 0.3 is 0 Å². The number of benzene rings is 1. The predicted molar refractivity (Wildman–Crippen MR) is 111 cm³/mol. The van der Waals surface area contributed by atoms with Gasteiger partial charge in [0.15, 0.2) is 11.0 Å². The van der Waals surface area contributed by atoms with Gasteiger partial charge in [-0.3, -0.25) is 14.9 Å². The van der Waals surface area contributed by atoms with E-state index in [9.17, 15) is 14.9 Å². The molecule has 8 nitrogen and oxygen atoms in total. The highest BCUT2D eigenvalue weighted by Crippen LogP contribution is 2.31. The third kappa shape index (κ3) is 4.34. The van der Waals surface area contributed by atoms with Crippen LogP contribution in [-0.4, -0.2) is 30.8 Å². The number of carbonyl (C=O) groups is 1. The topological polar surface area (TPSA) is 103 Å². The Kier molecular flexibility index (Phi) is 6.32. The highest BCUT2D eigenvalue weighted by molar-refractivity contribution is 8.00. The zero-order valence-corrected chi connectivity index (χ0v) is 17.3. The van der Waals surface area contributed by atoms with E-state index in [-0.39, 0.29) is 16.6 Å². The lowest BCUT2D eigenvalue weighted by molar-refractivity contribution is -0.384. The van der Waals surface area contributed by atoms with Crippen LogP contribution >= 0.6 is 34.7 Å². The zero-order chi connectivity index (χ0) is 20.3. The molecular weight excluding hydrogens is 422 g/mol. The Balaban J connectivity index is 1.72. The quantitative estimate of drug-likeness (QED) is 0.326. The van der Waals surface area contributed by atoms with Gasteiger partial charge in [0.25, 0.3) is 5.69 Å². The smallest absolute Gasteiger partial charge is 0.271 e. The Morgan fingerprint density at radius 3 is 2.82 bits per heavy atom. The lowest BCUT2D eigenvalue weighted by Crippen LogP contribution is -2.23. The Bertz CT molecular complexity index is 1010. The molecule has 28 heavy (non-hydrogen) atoms. The number of amides is 1. The maximum Gasteiger partial charge on any atom is 0.271 e. The molecule has 3 aromatic rings. The number of nitrogens with zero attached hydrogens (tertiary/aromatic N) is 4. The van der Waals surface area contributed by atoms with E-state index in [0.717, 1.165) is 10.7 Å². The van der Waals surface area contributed by atoms with Gasteiger partial charge in [0.1, 0.15) is 0 Å². The van der Waals surface area contributed by atoms with Crippen LogP contribution in [0.5, 0.6) is 0 Å². The average molecular weight is 438 g/mol. The second-order valence-corrected chi connectivity index (χ2v) is 8.36. The summed E-state index contributed by atoms with van der Waals surface area (Å²) < 4.78 is 1.96. The first kappa shape index (κ1) is 20.3.